The molecule has 0 unspecified atom stereocenters. The van der Waals surface area contributed by atoms with Crippen molar-refractivity contribution in [2.24, 2.45) is 0 Å². The zero-order valence-corrected chi connectivity index (χ0v) is 16.5. The monoisotopic (exact) mass is 418 g/mol. The smallest absolute Gasteiger partial charge is 0.271 e. The number of benzene rings is 2. The van der Waals surface area contributed by atoms with Gasteiger partial charge in [-0.3, -0.25) is 14.9 Å². The van der Waals surface area contributed by atoms with Gasteiger partial charge in [0.25, 0.3) is 5.69 Å². The van der Waals surface area contributed by atoms with Crippen LogP contribution in [-0.2, 0) is 4.79 Å². The molecule has 0 bridgehead atoms. The first-order chi connectivity index (χ1) is 13.4. The van der Waals surface area contributed by atoms with E-state index in [2.05, 4.69) is 20.8 Å². The highest BCUT2D eigenvalue weighted by Crippen LogP contribution is 2.27. The number of hydrogen-bond acceptors (Lipinski definition) is 7. The van der Waals surface area contributed by atoms with Crippen LogP contribution < -0.4 is 5.32 Å². The average Bonchev–Trinajstić information content (AvgIpc) is 3.09. The number of nitro groups is 1. The number of tetrazole rings is 1. The highest BCUT2D eigenvalue weighted by Gasteiger charge is 2.16. The van der Waals surface area contributed by atoms with Gasteiger partial charge in [0, 0.05) is 12.1 Å². The normalized spacial score (nSPS) is 10.7. The van der Waals surface area contributed by atoms with Gasteiger partial charge in [0.1, 0.15) is 0 Å². The van der Waals surface area contributed by atoms with Crippen molar-refractivity contribution in [2.45, 2.75) is 19.0 Å². The number of aromatic nitrogens is 4. The number of para-hydroxylation sites is 1. The number of carbonyl (C=O) groups excluding carboxylic acids is 1. The van der Waals surface area contributed by atoms with Crippen LogP contribution in [0.5, 0.6) is 0 Å². The predicted molar refractivity (Wildman–Crippen MR) is 106 cm³/mol. The van der Waals surface area contributed by atoms with Crippen LogP contribution in [0.4, 0.5) is 11.4 Å². The number of non-ortho nitro benzene ring substituents is 1. The first-order valence-corrected chi connectivity index (χ1v) is 9.44. The molecule has 144 valence electrons. The molecule has 0 radical (unpaired) electrons. The van der Waals surface area contributed by atoms with E-state index in [0.717, 1.165) is 28.6 Å². The van der Waals surface area contributed by atoms with Gasteiger partial charge in [-0.15, -0.1) is 5.10 Å². The van der Waals surface area contributed by atoms with Crippen LogP contribution in [0.2, 0.25) is 5.02 Å². The molecule has 3 aromatic rings. The first-order valence-electron chi connectivity index (χ1n) is 8.08. The summed E-state index contributed by atoms with van der Waals surface area (Å²) in [7, 11) is 0. The van der Waals surface area contributed by atoms with Crippen LogP contribution >= 0.6 is 23.4 Å². The van der Waals surface area contributed by atoms with Crippen LogP contribution in [-0.4, -0.2) is 36.8 Å². The van der Waals surface area contributed by atoms with Crippen molar-refractivity contribution in [1.29, 1.82) is 0 Å². The topological polar surface area (TPSA) is 116 Å². The molecule has 0 fully saturated rings. The van der Waals surface area contributed by atoms with E-state index in [1.165, 1.54) is 18.2 Å². The van der Waals surface area contributed by atoms with Crippen LogP contribution in [0, 0.1) is 24.0 Å². The molecule has 0 aliphatic rings. The largest absolute Gasteiger partial charge is 0.324 e. The third-order valence-corrected chi connectivity index (χ3v) is 5.11. The summed E-state index contributed by atoms with van der Waals surface area (Å²) in [6.07, 6.45) is 0. The molecule has 1 heterocycles. The number of nitrogens with zero attached hydrogens (tertiary/aromatic N) is 5. The summed E-state index contributed by atoms with van der Waals surface area (Å²) in [4.78, 5) is 22.6. The number of halogens is 1. The summed E-state index contributed by atoms with van der Waals surface area (Å²) in [6, 6.07) is 9.70. The Hall–Kier alpha value is -2.98. The molecule has 3 rings (SSSR count). The van der Waals surface area contributed by atoms with Crippen molar-refractivity contribution in [3.63, 3.8) is 0 Å². The van der Waals surface area contributed by atoms with E-state index < -0.39 is 4.92 Å². The average molecular weight is 419 g/mol. The fraction of sp³-hybridized carbons (Fsp3) is 0.176. The fourth-order valence-electron chi connectivity index (χ4n) is 2.59. The molecule has 0 spiro atoms. The molecule has 0 aliphatic carbocycles. The molecule has 0 aliphatic heterocycles. The minimum atomic E-state index is -0.556. The number of thioether (sulfide) groups is 1. The second-order valence-electron chi connectivity index (χ2n) is 5.87. The SMILES string of the molecule is Cc1cccc(C)c1-n1nnnc1SCC(=O)Nc1cc([N+](=O)[O-])ccc1Cl. The molecular formula is C17H15ClN6O3S. The molecule has 0 saturated heterocycles. The van der Waals surface area contributed by atoms with Gasteiger partial charge in [-0.2, -0.15) is 4.68 Å². The van der Waals surface area contributed by atoms with Crippen molar-refractivity contribution in [2.75, 3.05) is 11.1 Å². The Morgan fingerprint density at radius 2 is 2.00 bits per heavy atom. The summed E-state index contributed by atoms with van der Waals surface area (Å²) in [5, 5.41) is 25.8. The van der Waals surface area contributed by atoms with Gasteiger partial charge < -0.3 is 5.32 Å². The summed E-state index contributed by atoms with van der Waals surface area (Å²) in [5.74, 6) is -0.381. The quantitative estimate of drug-likeness (QED) is 0.369. The Kier molecular flexibility index (Phi) is 5.90. The third kappa shape index (κ3) is 4.29. The molecule has 1 aromatic heterocycles. The number of carbonyl (C=O) groups is 1. The third-order valence-electron chi connectivity index (χ3n) is 3.86. The number of anilines is 1. The second-order valence-corrected chi connectivity index (χ2v) is 7.22. The molecule has 28 heavy (non-hydrogen) atoms. The van der Waals surface area contributed by atoms with E-state index in [1.807, 2.05) is 32.0 Å². The summed E-state index contributed by atoms with van der Waals surface area (Å²) < 4.78 is 1.59. The maximum Gasteiger partial charge on any atom is 0.271 e. The molecule has 1 N–H and O–H groups in total. The Morgan fingerprint density at radius 1 is 1.29 bits per heavy atom. The molecule has 0 saturated carbocycles. The summed E-state index contributed by atoms with van der Waals surface area (Å²) in [6.45, 7) is 3.91. The zero-order valence-electron chi connectivity index (χ0n) is 14.9. The Labute approximate surface area is 169 Å². The lowest BCUT2D eigenvalue weighted by Crippen LogP contribution is -2.15. The van der Waals surface area contributed by atoms with E-state index in [0.29, 0.717) is 5.16 Å². The minimum Gasteiger partial charge on any atom is -0.324 e. The lowest BCUT2D eigenvalue weighted by Gasteiger charge is -2.10. The highest BCUT2D eigenvalue weighted by molar-refractivity contribution is 7.99. The lowest BCUT2D eigenvalue weighted by atomic mass is 10.1. The van der Waals surface area contributed by atoms with Gasteiger partial charge in [0.05, 0.1) is 27.1 Å². The van der Waals surface area contributed by atoms with E-state index in [1.54, 1.807) is 4.68 Å². The number of aryl methyl sites for hydroxylation is 2. The van der Waals surface area contributed by atoms with Crippen molar-refractivity contribution >= 4 is 40.6 Å². The van der Waals surface area contributed by atoms with Crippen molar-refractivity contribution < 1.29 is 9.72 Å². The van der Waals surface area contributed by atoms with Gasteiger partial charge in [-0.05, 0) is 41.5 Å². The summed E-state index contributed by atoms with van der Waals surface area (Å²) >= 11 is 7.15. The van der Waals surface area contributed by atoms with Crippen LogP contribution in [0.25, 0.3) is 5.69 Å². The maximum atomic E-state index is 12.3. The van der Waals surface area contributed by atoms with E-state index in [-0.39, 0.29) is 28.1 Å². The van der Waals surface area contributed by atoms with E-state index >= 15 is 0 Å². The van der Waals surface area contributed by atoms with Crippen molar-refractivity contribution in [1.82, 2.24) is 20.2 Å². The minimum absolute atomic E-state index is 0.00429. The molecule has 1 amide bonds. The van der Waals surface area contributed by atoms with Crippen LogP contribution in [0.15, 0.2) is 41.6 Å². The number of rotatable bonds is 6. The van der Waals surface area contributed by atoms with Crippen LogP contribution in [0.3, 0.4) is 0 Å². The van der Waals surface area contributed by atoms with E-state index in [4.69, 9.17) is 11.6 Å². The predicted octanol–water partition coefficient (Wildman–Crippen LogP) is 3.57. The molecule has 9 nitrogen and oxygen atoms in total. The van der Waals surface area contributed by atoms with Gasteiger partial charge in [-0.25, -0.2) is 0 Å². The molecule has 0 atom stereocenters. The highest BCUT2D eigenvalue weighted by atomic mass is 35.5. The van der Waals surface area contributed by atoms with Gasteiger partial charge >= 0.3 is 0 Å². The van der Waals surface area contributed by atoms with Crippen molar-refractivity contribution in [3.05, 3.63) is 62.7 Å². The number of hydrogen-bond donors (Lipinski definition) is 1. The first kappa shape index (κ1) is 19.8. The lowest BCUT2D eigenvalue weighted by molar-refractivity contribution is -0.384. The van der Waals surface area contributed by atoms with Gasteiger partial charge in [0.2, 0.25) is 11.1 Å². The number of nitrogens with one attached hydrogen (secondary N) is 1. The molecule has 11 heteroatoms. The molecular weight excluding hydrogens is 404 g/mol. The second kappa shape index (κ2) is 8.36. The zero-order chi connectivity index (χ0) is 20.3. The number of nitro benzene ring substituents is 1. The summed E-state index contributed by atoms with van der Waals surface area (Å²) in [5.41, 5.74) is 2.88. The molecule has 2 aromatic carbocycles. The Bertz CT molecular complexity index is 1030. The fourth-order valence-corrected chi connectivity index (χ4v) is 3.43. The standard InChI is InChI=1S/C17H15ClN6O3S/c1-10-4-3-5-11(2)16(10)23-17(20-21-22-23)28-9-15(25)19-14-8-12(24(26)27)6-7-13(14)18/h3-8H,9H2,1-2H3,(H,19,25). The van der Waals surface area contributed by atoms with E-state index in [9.17, 15) is 14.9 Å². The number of amides is 1. The Balaban J connectivity index is 1.73. The van der Waals surface area contributed by atoms with Crippen molar-refractivity contribution in [3.8, 4) is 5.69 Å². The maximum absolute atomic E-state index is 12.3. The Morgan fingerprint density at radius 3 is 2.68 bits per heavy atom. The van der Waals surface area contributed by atoms with Gasteiger partial charge in [0.15, 0.2) is 0 Å². The van der Waals surface area contributed by atoms with Gasteiger partial charge in [-0.1, -0.05) is 41.6 Å². The van der Waals surface area contributed by atoms with Crippen LogP contribution in [0.1, 0.15) is 11.1 Å².